The fourth-order valence-corrected chi connectivity index (χ4v) is 4.66. The van der Waals surface area contributed by atoms with Crippen molar-refractivity contribution in [1.29, 1.82) is 0 Å². The summed E-state index contributed by atoms with van der Waals surface area (Å²) < 4.78 is 18.6. The molecule has 0 spiro atoms. The minimum absolute atomic E-state index is 0.530. The monoisotopic (exact) mass is 397 g/mol. The van der Waals surface area contributed by atoms with Crippen LogP contribution in [0.25, 0.3) is 22.2 Å². The highest BCUT2D eigenvalue weighted by molar-refractivity contribution is 7.16. The van der Waals surface area contributed by atoms with Crippen LogP contribution >= 0.6 is 22.9 Å². The molecule has 136 valence electrons. The number of nitrogens with zero attached hydrogens (tertiary/aromatic N) is 1. The van der Waals surface area contributed by atoms with E-state index in [2.05, 4.69) is 24.2 Å². The summed E-state index contributed by atoms with van der Waals surface area (Å²) in [6, 6.07) is 18.0. The molecule has 0 unspecified atom stereocenters. The highest BCUT2D eigenvalue weighted by Crippen LogP contribution is 2.44. The normalized spacial score (nSPS) is 16.2. The van der Waals surface area contributed by atoms with Crippen LogP contribution in [0.3, 0.4) is 0 Å². The Morgan fingerprint density at radius 1 is 1.04 bits per heavy atom. The molecular formula is C21H16ClNO3S. The number of aromatic nitrogens is 1. The molecule has 0 bridgehead atoms. The summed E-state index contributed by atoms with van der Waals surface area (Å²) in [6.07, 6.45) is 0. The van der Waals surface area contributed by atoms with Crippen LogP contribution in [0.4, 0.5) is 0 Å². The van der Waals surface area contributed by atoms with Crippen molar-refractivity contribution in [3.05, 3.63) is 74.9 Å². The summed E-state index contributed by atoms with van der Waals surface area (Å²) >= 11 is 7.63. The Bertz CT molecular complexity index is 1130. The largest absolute Gasteiger partial charge is 0.355 e. The Morgan fingerprint density at radius 3 is 2.63 bits per heavy atom. The van der Waals surface area contributed by atoms with Gasteiger partial charge in [-0.3, -0.25) is 0 Å². The smallest absolute Gasteiger partial charge is 0.232 e. The lowest BCUT2D eigenvalue weighted by Crippen LogP contribution is -2.27. The van der Waals surface area contributed by atoms with Crippen LogP contribution in [0.5, 0.6) is 0 Å². The second kappa shape index (κ2) is 6.46. The molecule has 0 saturated carbocycles. The molecule has 4 nitrogen and oxygen atoms in total. The summed E-state index contributed by atoms with van der Waals surface area (Å²) in [7, 11) is 0. The number of rotatable bonds is 3. The molecule has 1 aliphatic rings. The summed E-state index contributed by atoms with van der Waals surface area (Å²) in [5, 5.41) is 5.15. The first-order chi connectivity index (χ1) is 13.2. The van der Waals surface area contributed by atoms with Crippen molar-refractivity contribution in [1.82, 2.24) is 5.16 Å². The van der Waals surface area contributed by atoms with Gasteiger partial charge in [-0.1, -0.05) is 46.6 Å². The van der Waals surface area contributed by atoms with E-state index in [4.69, 9.17) is 25.6 Å². The molecule has 0 aliphatic carbocycles. The van der Waals surface area contributed by atoms with E-state index in [0.717, 1.165) is 32.7 Å². The highest BCUT2D eigenvalue weighted by atomic mass is 35.5. The van der Waals surface area contributed by atoms with Crippen LogP contribution in [0.2, 0.25) is 4.34 Å². The van der Waals surface area contributed by atoms with E-state index in [0.29, 0.717) is 17.6 Å². The zero-order valence-electron chi connectivity index (χ0n) is 14.6. The lowest BCUT2D eigenvalue weighted by atomic mass is 9.99. The van der Waals surface area contributed by atoms with E-state index in [1.54, 1.807) is 0 Å². The number of thiophene rings is 1. The van der Waals surface area contributed by atoms with Crippen LogP contribution in [-0.2, 0) is 15.3 Å². The van der Waals surface area contributed by atoms with Crippen LogP contribution in [0.1, 0.15) is 16.0 Å². The maximum Gasteiger partial charge on any atom is 0.232 e. The van der Waals surface area contributed by atoms with Crippen molar-refractivity contribution >= 4 is 33.8 Å². The van der Waals surface area contributed by atoms with Gasteiger partial charge in [-0.2, -0.15) is 0 Å². The Balaban J connectivity index is 1.69. The summed E-state index contributed by atoms with van der Waals surface area (Å²) in [5.74, 6) is -0.194. The molecule has 27 heavy (non-hydrogen) atoms. The van der Waals surface area contributed by atoms with Gasteiger partial charge in [0.05, 0.1) is 27.8 Å². The third-order valence-corrected chi connectivity index (χ3v) is 6.04. The molecule has 1 fully saturated rings. The van der Waals surface area contributed by atoms with Crippen LogP contribution in [0.15, 0.2) is 59.1 Å². The second-order valence-corrected chi connectivity index (χ2v) is 8.25. The van der Waals surface area contributed by atoms with Gasteiger partial charge in [0.25, 0.3) is 0 Å². The zero-order chi connectivity index (χ0) is 18.4. The minimum Gasteiger partial charge on any atom is -0.355 e. The molecular weight excluding hydrogens is 382 g/mol. The molecule has 0 amide bonds. The predicted molar refractivity (Wildman–Crippen MR) is 106 cm³/mol. The van der Waals surface area contributed by atoms with Gasteiger partial charge in [-0.05, 0) is 37.3 Å². The first kappa shape index (κ1) is 17.0. The van der Waals surface area contributed by atoms with Crippen LogP contribution < -0.4 is 0 Å². The van der Waals surface area contributed by atoms with Gasteiger partial charge in [0.15, 0.2) is 5.76 Å². The van der Waals surface area contributed by atoms with E-state index >= 15 is 0 Å². The van der Waals surface area contributed by atoms with E-state index in [-0.39, 0.29) is 0 Å². The molecule has 1 aliphatic heterocycles. The van der Waals surface area contributed by atoms with Gasteiger partial charge in [0.1, 0.15) is 5.52 Å². The van der Waals surface area contributed by atoms with Gasteiger partial charge in [-0.25, -0.2) is 0 Å². The van der Waals surface area contributed by atoms with Gasteiger partial charge in [-0.15, -0.1) is 11.3 Å². The van der Waals surface area contributed by atoms with Crippen molar-refractivity contribution in [2.75, 3.05) is 13.2 Å². The predicted octanol–water partition coefficient (Wildman–Crippen LogP) is 5.77. The molecule has 2 aromatic heterocycles. The average Bonchev–Trinajstić information content (AvgIpc) is 3.40. The minimum atomic E-state index is -0.937. The van der Waals surface area contributed by atoms with Crippen molar-refractivity contribution < 1.29 is 14.0 Å². The molecule has 0 N–H and O–H groups in total. The van der Waals surface area contributed by atoms with E-state index in [9.17, 15) is 0 Å². The SMILES string of the molecule is Cc1cccc(-c2onc3ccc(C4(c5ccc(Cl)s5)OCCO4)cc23)c1. The van der Waals surface area contributed by atoms with Crippen LogP contribution in [-0.4, -0.2) is 18.4 Å². The number of fused-ring (bicyclic) bond motifs is 1. The van der Waals surface area contributed by atoms with Gasteiger partial charge in [0.2, 0.25) is 5.79 Å². The maximum absolute atomic E-state index is 6.17. The number of halogens is 1. The van der Waals surface area contributed by atoms with Crippen molar-refractivity contribution in [3.63, 3.8) is 0 Å². The molecule has 6 heteroatoms. The lowest BCUT2D eigenvalue weighted by Gasteiger charge is -2.26. The van der Waals surface area contributed by atoms with Gasteiger partial charge in [0, 0.05) is 11.1 Å². The standard InChI is InChI=1S/C21H16ClNO3S/c1-13-3-2-4-14(11-13)20-16-12-15(5-6-17(16)23-26-20)21(24-9-10-25-21)18-7-8-19(22)27-18/h2-8,11-12H,9-10H2,1H3. The van der Waals surface area contributed by atoms with Crippen molar-refractivity contribution in [2.24, 2.45) is 0 Å². The molecule has 5 rings (SSSR count). The van der Waals surface area contributed by atoms with Crippen molar-refractivity contribution in [3.8, 4) is 11.3 Å². The summed E-state index contributed by atoms with van der Waals surface area (Å²) in [4.78, 5) is 0.929. The summed E-state index contributed by atoms with van der Waals surface area (Å²) in [6.45, 7) is 3.12. The first-order valence-corrected chi connectivity index (χ1v) is 9.86. The number of hydrogen-bond acceptors (Lipinski definition) is 5. The molecule has 0 radical (unpaired) electrons. The fourth-order valence-electron chi connectivity index (χ4n) is 3.50. The Morgan fingerprint density at radius 2 is 1.89 bits per heavy atom. The Labute approximate surface area is 165 Å². The average molecular weight is 398 g/mol. The second-order valence-electron chi connectivity index (χ2n) is 6.53. The molecule has 0 atom stereocenters. The van der Waals surface area contributed by atoms with Gasteiger partial charge < -0.3 is 14.0 Å². The maximum atomic E-state index is 6.17. The van der Waals surface area contributed by atoms with E-state index in [1.807, 2.05) is 42.5 Å². The van der Waals surface area contributed by atoms with E-state index in [1.165, 1.54) is 16.9 Å². The van der Waals surface area contributed by atoms with E-state index < -0.39 is 5.79 Å². The third-order valence-electron chi connectivity index (χ3n) is 4.73. The summed E-state index contributed by atoms with van der Waals surface area (Å²) in [5.41, 5.74) is 3.87. The Hall–Kier alpha value is -2.18. The van der Waals surface area contributed by atoms with Gasteiger partial charge >= 0.3 is 0 Å². The number of ether oxygens (including phenoxy) is 2. The lowest BCUT2D eigenvalue weighted by molar-refractivity contribution is -0.127. The third kappa shape index (κ3) is 2.78. The molecule has 3 heterocycles. The number of hydrogen-bond donors (Lipinski definition) is 0. The first-order valence-electron chi connectivity index (χ1n) is 8.66. The molecule has 4 aromatic rings. The highest BCUT2D eigenvalue weighted by Gasteiger charge is 2.42. The number of benzene rings is 2. The Kier molecular flexibility index (Phi) is 4.06. The quantitative estimate of drug-likeness (QED) is 0.440. The topological polar surface area (TPSA) is 44.5 Å². The van der Waals surface area contributed by atoms with Crippen molar-refractivity contribution in [2.45, 2.75) is 12.7 Å². The zero-order valence-corrected chi connectivity index (χ0v) is 16.1. The fraction of sp³-hybridized carbons (Fsp3) is 0.190. The molecule has 1 saturated heterocycles. The van der Waals surface area contributed by atoms with Crippen LogP contribution in [0, 0.1) is 6.92 Å². The number of aryl methyl sites for hydroxylation is 1. The molecule has 2 aromatic carbocycles.